The summed E-state index contributed by atoms with van der Waals surface area (Å²) in [6, 6.07) is 4.60. The maximum atomic E-state index is 13.1. The summed E-state index contributed by atoms with van der Waals surface area (Å²) in [6.07, 6.45) is 1.65. The predicted molar refractivity (Wildman–Crippen MR) is 102 cm³/mol. The van der Waals surface area contributed by atoms with E-state index in [2.05, 4.69) is 11.9 Å². The molecule has 0 unspecified atom stereocenters. The van der Waals surface area contributed by atoms with Crippen molar-refractivity contribution in [3.8, 4) is 11.5 Å². The van der Waals surface area contributed by atoms with Crippen LogP contribution in [0.1, 0.15) is 25.5 Å². The Morgan fingerprint density at radius 1 is 1.22 bits per heavy atom. The van der Waals surface area contributed by atoms with E-state index in [9.17, 15) is 9.59 Å². The third-order valence-electron chi connectivity index (χ3n) is 4.89. The lowest BCUT2D eigenvalue weighted by molar-refractivity contribution is -0.127. The average Bonchev–Trinajstić information content (AvgIpc) is 3.01. The van der Waals surface area contributed by atoms with Gasteiger partial charge in [-0.2, -0.15) is 0 Å². The highest BCUT2D eigenvalue weighted by atomic mass is 16.5. The quantitative estimate of drug-likeness (QED) is 0.780. The average molecular weight is 371 g/mol. The zero-order valence-corrected chi connectivity index (χ0v) is 16.1. The number of rotatable bonds is 6. The standard InChI is InChI=1S/C20H25N3O4/c1-6-7-22-16-11-23(12(2)3)19(24)17(16)18(21-20(22)25)13-8-14(26-4)10-15(9-13)27-5/h6,8-10,12,18H,1,7,11H2,2-5H3,(H,21,25)/t18-/m0/s1. The number of hydrogen-bond donors (Lipinski definition) is 1. The van der Waals surface area contributed by atoms with Crippen LogP contribution in [-0.4, -0.2) is 55.1 Å². The van der Waals surface area contributed by atoms with Crippen LogP contribution < -0.4 is 14.8 Å². The van der Waals surface area contributed by atoms with Gasteiger partial charge in [0.05, 0.1) is 38.1 Å². The molecule has 1 aromatic carbocycles. The van der Waals surface area contributed by atoms with Gasteiger partial charge < -0.3 is 19.7 Å². The van der Waals surface area contributed by atoms with Crippen LogP contribution in [0.4, 0.5) is 4.79 Å². The fourth-order valence-electron chi connectivity index (χ4n) is 3.50. The minimum atomic E-state index is -0.561. The van der Waals surface area contributed by atoms with Crippen LogP contribution in [0, 0.1) is 0 Å². The number of ether oxygens (including phenoxy) is 2. The minimum absolute atomic E-state index is 0.0317. The van der Waals surface area contributed by atoms with Gasteiger partial charge in [-0.05, 0) is 31.5 Å². The molecule has 3 rings (SSSR count). The van der Waals surface area contributed by atoms with Crippen LogP contribution >= 0.6 is 0 Å². The van der Waals surface area contributed by atoms with Gasteiger partial charge in [0.2, 0.25) is 0 Å². The molecular formula is C20H25N3O4. The number of methoxy groups -OCH3 is 2. The summed E-state index contributed by atoms with van der Waals surface area (Å²) in [5.74, 6) is 1.13. The van der Waals surface area contributed by atoms with Crippen molar-refractivity contribution in [1.29, 1.82) is 0 Å². The largest absolute Gasteiger partial charge is 0.497 e. The number of carbonyl (C=O) groups excluding carboxylic acids is 2. The first kappa shape index (κ1) is 18.8. The van der Waals surface area contributed by atoms with Gasteiger partial charge >= 0.3 is 6.03 Å². The van der Waals surface area contributed by atoms with Gasteiger partial charge in [0, 0.05) is 18.7 Å². The molecule has 0 aromatic heterocycles. The van der Waals surface area contributed by atoms with Crippen LogP contribution in [-0.2, 0) is 4.79 Å². The third-order valence-corrected chi connectivity index (χ3v) is 4.89. The smallest absolute Gasteiger partial charge is 0.322 e. The number of carbonyl (C=O) groups is 2. The second-order valence-corrected chi connectivity index (χ2v) is 6.81. The molecule has 7 heteroatoms. The van der Waals surface area contributed by atoms with Crippen LogP contribution in [0.25, 0.3) is 0 Å². The zero-order valence-electron chi connectivity index (χ0n) is 16.1. The van der Waals surface area contributed by atoms with Gasteiger partial charge in [0.15, 0.2) is 0 Å². The fourth-order valence-corrected chi connectivity index (χ4v) is 3.50. The van der Waals surface area contributed by atoms with Crippen molar-refractivity contribution in [3.05, 3.63) is 47.7 Å². The minimum Gasteiger partial charge on any atom is -0.497 e. The first-order chi connectivity index (χ1) is 12.9. The Bertz CT molecular complexity index is 793. The van der Waals surface area contributed by atoms with E-state index in [0.717, 1.165) is 11.3 Å². The number of nitrogens with one attached hydrogen (secondary N) is 1. The third kappa shape index (κ3) is 3.25. The lowest BCUT2D eigenvalue weighted by Crippen LogP contribution is -2.47. The molecule has 3 amide bonds. The van der Waals surface area contributed by atoms with E-state index >= 15 is 0 Å². The van der Waals surface area contributed by atoms with Crippen LogP contribution in [0.15, 0.2) is 42.1 Å². The van der Waals surface area contributed by atoms with Crippen molar-refractivity contribution in [2.45, 2.75) is 25.9 Å². The molecular weight excluding hydrogens is 346 g/mol. The SMILES string of the molecule is C=CCN1C(=O)N[C@@H](c2cc(OC)cc(OC)c2)C2=C1CN(C(C)C)C2=O. The second-order valence-electron chi connectivity index (χ2n) is 6.81. The lowest BCUT2D eigenvalue weighted by Gasteiger charge is -2.33. The van der Waals surface area contributed by atoms with Gasteiger partial charge in [-0.1, -0.05) is 6.08 Å². The topological polar surface area (TPSA) is 71.1 Å². The highest BCUT2D eigenvalue weighted by molar-refractivity contribution is 6.01. The summed E-state index contributed by atoms with van der Waals surface area (Å²) in [7, 11) is 3.13. The fraction of sp³-hybridized carbons (Fsp3) is 0.400. The van der Waals surface area contributed by atoms with Crippen LogP contribution in [0.2, 0.25) is 0 Å². The van der Waals surface area contributed by atoms with Crippen molar-refractivity contribution in [1.82, 2.24) is 15.1 Å². The van der Waals surface area contributed by atoms with Gasteiger partial charge in [-0.15, -0.1) is 6.58 Å². The molecule has 0 bridgehead atoms. The molecule has 0 saturated heterocycles. The van der Waals surface area contributed by atoms with E-state index in [1.807, 2.05) is 26.0 Å². The number of hydrogen-bond acceptors (Lipinski definition) is 4. The number of urea groups is 1. The molecule has 7 nitrogen and oxygen atoms in total. The van der Waals surface area contributed by atoms with Crippen molar-refractivity contribution < 1.29 is 19.1 Å². The van der Waals surface area contributed by atoms with Crippen molar-refractivity contribution in [2.24, 2.45) is 0 Å². The monoisotopic (exact) mass is 371 g/mol. The normalized spacial score (nSPS) is 19.4. The molecule has 0 aliphatic carbocycles. The molecule has 2 heterocycles. The Labute approximate surface area is 159 Å². The first-order valence-electron chi connectivity index (χ1n) is 8.87. The molecule has 0 radical (unpaired) electrons. The number of amides is 3. The van der Waals surface area contributed by atoms with Gasteiger partial charge in [-0.3, -0.25) is 9.69 Å². The van der Waals surface area contributed by atoms with Crippen molar-refractivity contribution in [3.63, 3.8) is 0 Å². The lowest BCUT2D eigenvalue weighted by atomic mass is 9.95. The Morgan fingerprint density at radius 3 is 2.37 bits per heavy atom. The Balaban J connectivity index is 2.12. The molecule has 1 aromatic rings. The molecule has 2 aliphatic rings. The zero-order chi connectivity index (χ0) is 19.7. The Morgan fingerprint density at radius 2 is 1.85 bits per heavy atom. The first-order valence-corrected chi connectivity index (χ1v) is 8.87. The van der Waals surface area contributed by atoms with E-state index in [0.29, 0.717) is 30.2 Å². The molecule has 0 spiro atoms. The van der Waals surface area contributed by atoms with Crippen LogP contribution in [0.3, 0.4) is 0 Å². The van der Waals surface area contributed by atoms with Gasteiger partial charge in [-0.25, -0.2) is 4.79 Å². The summed E-state index contributed by atoms with van der Waals surface area (Å²) >= 11 is 0. The Hall–Kier alpha value is -2.96. The van der Waals surface area contributed by atoms with Crippen LogP contribution in [0.5, 0.6) is 11.5 Å². The number of benzene rings is 1. The molecule has 1 N–H and O–H groups in total. The summed E-state index contributed by atoms with van der Waals surface area (Å²) in [5.41, 5.74) is 2.05. The van der Waals surface area contributed by atoms with E-state index < -0.39 is 6.04 Å². The summed E-state index contributed by atoms with van der Waals surface area (Å²) < 4.78 is 10.7. The Kier molecular flexibility index (Phi) is 5.12. The molecule has 2 aliphatic heterocycles. The maximum absolute atomic E-state index is 13.1. The van der Waals surface area contributed by atoms with Gasteiger partial charge in [0.1, 0.15) is 11.5 Å². The molecule has 144 valence electrons. The van der Waals surface area contributed by atoms with E-state index in [1.54, 1.807) is 36.2 Å². The van der Waals surface area contributed by atoms with Crippen molar-refractivity contribution >= 4 is 11.9 Å². The molecule has 27 heavy (non-hydrogen) atoms. The molecule has 0 fully saturated rings. The summed E-state index contributed by atoms with van der Waals surface area (Å²) in [6.45, 7) is 8.41. The predicted octanol–water partition coefficient (Wildman–Crippen LogP) is 2.46. The van der Waals surface area contributed by atoms with E-state index in [-0.39, 0.29) is 18.0 Å². The second kappa shape index (κ2) is 7.34. The highest BCUT2D eigenvalue weighted by Crippen LogP contribution is 2.39. The summed E-state index contributed by atoms with van der Waals surface area (Å²) in [5, 5.41) is 2.95. The van der Waals surface area contributed by atoms with Gasteiger partial charge in [0.25, 0.3) is 5.91 Å². The number of nitrogens with zero attached hydrogens (tertiary/aromatic N) is 2. The van der Waals surface area contributed by atoms with E-state index in [4.69, 9.17) is 9.47 Å². The highest BCUT2D eigenvalue weighted by Gasteiger charge is 2.44. The van der Waals surface area contributed by atoms with E-state index in [1.165, 1.54) is 0 Å². The maximum Gasteiger partial charge on any atom is 0.322 e. The molecule has 0 saturated carbocycles. The molecule has 1 atom stereocenters. The summed E-state index contributed by atoms with van der Waals surface area (Å²) in [4.78, 5) is 29.2. The van der Waals surface area contributed by atoms with Crippen molar-refractivity contribution in [2.75, 3.05) is 27.3 Å².